The molecule has 0 fully saturated rings. The summed E-state index contributed by atoms with van der Waals surface area (Å²) in [5, 5.41) is 23.0. The molecule has 0 heterocycles. The molecular formula is C56H93NO3. The van der Waals surface area contributed by atoms with Gasteiger partial charge in [-0.2, -0.15) is 0 Å². The molecule has 0 rings (SSSR count). The molecule has 0 saturated carbocycles. The summed E-state index contributed by atoms with van der Waals surface area (Å²) >= 11 is 0. The van der Waals surface area contributed by atoms with E-state index in [-0.39, 0.29) is 12.5 Å². The van der Waals surface area contributed by atoms with Crippen LogP contribution in [0.4, 0.5) is 0 Å². The minimum atomic E-state index is -0.904. The first-order valence-corrected chi connectivity index (χ1v) is 24.7. The molecule has 0 aliphatic carbocycles. The molecule has 60 heavy (non-hydrogen) atoms. The van der Waals surface area contributed by atoms with Crippen molar-refractivity contribution in [3.05, 3.63) is 122 Å². The van der Waals surface area contributed by atoms with Crippen molar-refractivity contribution in [1.29, 1.82) is 0 Å². The maximum Gasteiger partial charge on any atom is 0.220 e. The molecule has 0 radical (unpaired) electrons. The van der Waals surface area contributed by atoms with Gasteiger partial charge in [0.15, 0.2) is 0 Å². The highest BCUT2D eigenvalue weighted by molar-refractivity contribution is 5.76. The molecule has 0 aromatic rings. The molecule has 0 aromatic heterocycles. The fraction of sp³-hybridized carbons (Fsp3) is 0.625. The summed E-state index contributed by atoms with van der Waals surface area (Å²) in [4.78, 5) is 12.4. The molecule has 4 heteroatoms. The lowest BCUT2D eigenvalue weighted by molar-refractivity contribution is -0.122. The van der Waals surface area contributed by atoms with Crippen molar-refractivity contribution in [3.63, 3.8) is 0 Å². The van der Waals surface area contributed by atoms with Gasteiger partial charge in [0.1, 0.15) is 0 Å². The summed E-state index contributed by atoms with van der Waals surface area (Å²) in [7, 11) is 0. The third-order valence-electron chi connectivity index (χ3n) is 10.4. The van der Waals surface area contributed by atoms with Crippen molar-refractivity contribution in [3.8, 4) is 0 Å². The molecule has 340 valence electrons. The zero-order valence-corrected chi connectivity index (χ0v) is 38.9. The number of allylic oxidation sites excluding steroid dienone is 19. The molecule has 0 saturated heterocycles. The zero-order valence-electron chi connectivity index (χ0n) is 38.9. The molecule has 1 amide bonds. The van der Waals surface area contributed by atoms with E-state index in [4.69, 9.17) is 0 Å². The summed E-state index contributed by atoms with van der Waals surface area (Å²) in [5.74, 6) is -0.140. The Morgan fingerprint density at radius 3 is 1.17 bits per heavy atom. The van der Waals surface area contributed by atoms with Crippen LogP contribution in [0, 0.1) is 0 Å². The van der Waals surface area contributed by atoms with Crippen LogP contribution in [0.3, 0.4) is 0 Å². The lowest BCUT2D eigenvalue weighted by atomic mass is 10.0. The number of carbonyl (C=O) groups is 1. The van der Waals surface area contributed by atoms with E-state index in [2.05, 4.69) is 129 Å². The Morgan fingerprint density at radius 2 is 0.750 bits per heavy atom. The Balaban J connectivity index is 3.76. The standard InChI is InChI=1S/C56H93NO3/c1-3-5-7-9-11-13-15-17-19-21-23-25-27-28-30-31-33-35-37-39-41-43-45-47-49-51-55(59)54(53-58)57-56(60)52-50-48-46-44-42-40-38-36-34-32-29-26-24-22-20-18-16-14-12-10-8-6-4-2/h6,8,12,14,18,20,24,26,32-35,38,40-41,43-44,46,49,51,54-55,58-59H,3-5,7,9-11,13,15-17,19,21-23,25,27-31,36-37,39,42,45,47-48,50,52-53H2,1-2H3,(H,57,60)/b8-6-,14-12-,20-18-,26-24-,34-32-,35-33+,40-38-,43-41+,46-44-,51-49+. The van der Waals surface area contributed by atoms with Gasteiger partial charge in [-0.25, -0.2) is 0 Å². The normalized spacial score (nSPS) is 14.0. The number of nitrogens with one attached hydrogen (secondary N) is 1. The number of hydrogen-bond donors (Lipinski definition) is 3. The summed E-state index contributed by atoms with van der Waals surface area (Å²) in [5.41, 5.74) is 0. The summed E-state index contributed by atoms with van der Waals surface area (Å²) in [6, 6.07) is -0.686. The number of carbonyl (C=O) groups excluding carboxylic acids is 1. The van der Waals surface area contributed by atoms with E-state index in [0.29, 0.717) is 6.42 Å². The number of aliphatic hydroxyl groups is 2. The smallest absolute Gasteiger partial charge is 0.220 e. The quantitative estimate of drug-likeness (QED) is 0.0424. The number of unbranched alkanes of at least 4 members (excludes halogenated alkanes) is 18. The third kappa shape index (κ3) is 45.9. The highest BCUT2D eigenvalue weighted by atomic mass is 16.3. The Hall–Kier alpha value is -3.21. The Kier molecular flexibility index (Phi) is 47.5. The van der Waals surface area contributed by atoms with Crippen molar-refractivity contribution in [2.45, 2.75) is 219 Å². The second-order valence-corrected chi connectivity index (χ2v) is 16.1. The monoisotopic (exact) mass is 828 g/mol. The largest absolute Gasteiger partial charge is 0.394 e. The zero-order chi connectivity index (χ0) is 43.5. The van der Waals surface area contributed by atoms with Crippen LogP contribution in [0.15, 0.2) is 122 Å². The van der Waals surface area contributed by atoms with Gasteiger partial charge in [0.25, 0.3) is 0 Å². The van der Waals surface area contributed by atoms with Crippen LogP contribution in [0.5, 0.6) is 0 Å². The van der Waals surface area contributed by atoms with Crippen LogP contribution in [-0.2, 0) is 4.79 Å². The van der Waals surface area contributed by atoms with E-state index in [1.165, 1.54) is 103 Å². The molecule has 0 aliphatic rings. The number of hydrogen-bond acceptors (Lipinski definition) is 3. The second kappa shape index (κ2) is 50.1. The first-order valence-electron chi connectivity index (χ1n) is 24.7. The molecule has 4 nitrogen and oxygen atoms in total. The SMILES string of the molecule is CC/C=C\C/C=C\C/C=C\C/C=C\C/C=C\C/C=C\C/C=C\CCCC(=O)NC(CO)C(O)/C=C/CC/C=C/CC/C=C/CCCCCCCCCCCCCCCCC. The van der Waals surface area contributed by atoms with Crippen LogP contribution < -0.4 is 5.32 Å². The highest BCUT2D eigenvalue weighted by Gasteiger charge is 2.17. The predicted molar refractivity (Wildman–Crippen MR) is 266 cm³/mol. The van der Waals surface area contributed by atoms with Crippen LogP contribution in [0.1, 0.15) is 206 Å². The molecule has 0 spiro atoms. The maximum atomic E-state index is 12.4. The molecule has 0 aromatic carbocycles. The van der Waals surface area contributed by atoms with E-state index in [1.54, 1.807) is 6.08 Å². The van der Waals surface area contributed by atoms with Gasteiger partial charge in [0, 0.05) is 6.42 Å². The van der Waals surface area contributed by atoms with Crippen molar-refractivity contribution in [2.24, 2.45) is 0 Å². The van der Waals surface area contributed by atoms with E-state index in [0.717, 1.165) is 83.5 Å². The lowest BCUT2D eigenvalue weighted by Crippen LogP contribution is -2.45. The molecule has 2 unspecified atom stereocenters. The topological polar surface area (TPSA) is 69.6 Å². The van der Waals surface area contributed by atoms with Gasteiger partial charge in [-0.15, -0.1) is 0 Å². The second-order valence-electron chi connectivity index (χ2n) is 16.1. The number of aliphatic hydroxyl groups excluding tert-OH is 2. The van der Waals surface area contributed by atoms with Crippen LogP contribution in [0.2, 0.25) is 0 Å². The van der Waals surface area contributed by atoms with Crippen molar-refractivity contribution >= 4 is 5.91 Å². The molecule has 2 atom stereocenters. The van der Waals surface area contributed by atoms with Crippen molar-refractivity contribution < 1.29 is 15.0 Å². The number of amides is 1. The molecule has 0 bridgehead atoms. The summed E-state index contributed by atoms with van der Waals surface area (Å²) < 4.78 is 0. The highest BCUT2D eigenvalue weighted by Crippen LogP contribution is 2.14. The summed E-state index contributed by atoms with van der Waals surface area (Å²) in [6.07, 6.45) is 77.6. The summed E-state index contributed by atoms with van der Waals surface area (Å²) in [6.45, 7) is 4.15. The number of rotatable bonds is 43. The van der Waals surface area contributed by atoms with E-state index in [9.17, 15) is 15.0 Å². The van der Waals surface area contributed by atoms with Gasteiger partial charge < -0.3 is 15.5 Å². The van der Waals surface area contributed by atoms with Gasteiger partial charge >= 0.3 is 0 Å². The first kappa shape index (κ1) is 56.8. The average molecular weight is 828 g/mol. The Bertz CT molecular complexity index is 1210. The Morgan fingerprint density at radius 1 is 0.417 bits per heavy atom. The lowest BCUT2D eigenvalue weighted by Gasteiger charge is -2.19. The Labute approximate surface area is 371 Å². The fourth-order valence-corrected chi connectivity index (χ4v) is 6.67. The van der Waals surface area contributed by atoms with Crippen LogP contribution >= 0.6 is 0 Å². The van der Waals surface area contributed by atoms with Gasteiger partial charge in [-0.3, -0.25) is 4.79 Å². The van der Waals surface area contributed by atoms with Crippen molar-refractivity contribution in [2.75, 3.05) is 6.61 Å². The fourth-order valence-electron chi connectivity index (χ4n) is 6.67. The third-order valence-corrected chi connectivity index (χ3v) is 10.4. The van der Waals surface area contributed by atoms with E-state index >= 15 is 0 Å². The molecule has 3 N–H and O–H groups in total. The predicted octanol–water partition coefficient (Wildman–Crippen LogP) is 16.1. The van der Waals surface area contributed by atoms with Gasteiger partial charge in [-0.05, 0) is 96.3 Å². The molecule has 0 aliphatic heterocycles. The van der Waals surface area contributed by atoms with Crippen LogP contribution in [-0.4, -0.2) is 34.9 Å². The van der Waals surface area contributed by atoms with Gasteiger partial charge in [0.2, 0.25) is 5.91 Å². The first-order chi connectivity index (χ1) is 29.7. The maximum absolute atomic E-state index is 12.4. The van der Waals surface area contributed by atoms with Gasteiger partial charge in [0.05, 0.1) is 18.8 Å². The average Bonchev–Trinajstić information content (AvgIpc) is 3.25. The van der Waals surface area contributed by atoms with E-state index in [1.807, 2.05) is 6.08 Å². The van der Waals surface area contributed by atoms with Gasteiger partial charge in [-0.1, -0.05) is 225 Å². The van der Waals surface area contributed by atoms with Crippen molar-refractivity contribution in [1.82, 2.24) is 5.32 Å². The van der Waals surface area contributed by atoms with Crippen LogP contribution in [0.25, 0.3) is 0 Å². The minimum Gasteiger partial charge on any atom is -0.394 e. The van der Waals surface area contributed by atoms with E-state index < -0.39 is 12.1 Å². The minimum absolute atomic E-state index is 0.140. The molecular weight excluding hydrogens is 735 g/mol.